The lowest BCUT2D eigenvalue weighted by molar-refractivity contribution is 1.00. The summed E-state index contributed by atoms with van der Waals surface area (Å²) in [6.07, 6.45) is 1.38. The Morgan fingerprint density at radius 2 is 2.20 bits per heavy atom. The smallest absolute Gasteiger partial charge is 0.314 e. The first kappa shape index (κ1) is 7.27. The van der Waals surface area contributed by atoms with E-state index >= 15 is 0 Å². The first-order valence-corrected chi connectivity index (χ1v) is 3.73. The maximum absolute atomic E-state index is 10.8. The summed E-state index contributed by atoms with van der Waals surface area (Å²) in [5.41, 5.74) is -0.310. The predicted octanol–water partition coefficient (Wildman–Crippen LogP) is -0.0419. The molecule has 0 amide bonds. The summed E-state index contributed by atoms with van der Waals surface area (Å²) >= 11 is 3.09. The number of hydrogen-bond acceptors (Lipinski definition) is 2. The molecule has 0 bridgehead atoms. The van der Waals surface area contributed by atoms with Crippen LogP contribution in [0.15, 0.2) is 15.8 Å². The second-order valence-electron chi connectivity index (χ2n) is 1.73. The number of aromatic nitrogens is 2. The second-order valence-corrected chi connectivity index (χ2v) is 2.29. The highest BCUT2D eigenvalue weighted by molar-refractivity contribution is 9.08. The topological polar surface area (TPSA) is 65.7 Å². The Balaban J connectivity index is 3.34. The molecule has 0 fully saturated rings. The second kappa shape index (κ2) is 2.83. The van der Waals surface area contributed by atoms with E-state index in [1.807, 2.05) is 0 Å². The van der Waals surface area contributed by atoms with Crippen LogP contribution in [-0.4, -0.2) is 9.97 Å². The molecule has 0 atom stereocenters. The minimum absolute atomic E-state index is 0.347. The summed E-state index contributed by atoms with van der Waals surface area (Å²) in [6.45, 7) is 0. The largest absolute Gasteiger partial charge is 0.325 e. The molecule has 2 N–H and O–H groups in total. The number of halogens is 1. The molecule has 0 aromatic carbocycles. The monoisotopic (exact) mass is 204 g/mol. The lowest BCUT2D eigenvalue weighted by Crippen LogP contribution is -2.23. The van der Waals surface area contributed by atoms with Crippen LogP contribution in [-0.2, 0) is 5.33 Å². The van der Waals surface area contributed by atoms with E-state index in [0.717, 1.165) is 0 Å². The summed E-state index contributed by atoms with van der Waals surface area (Å²) in [6, 6.07) is 0. The molecule has 0 saturated heterocycles. The third-order valence-electron chi connectivity index (χ3n) is 1.04. The fourth-order valence-corrected chi connectivity index (χ4v) is 0.953. The zero-order chi connectivity index (χ0) is 7.56. The molecule has 5 heteroatoms. The Morgan fingerprint density at radius 3 is 2.70 bits per heavy atom. The Kier molecular flexibility index (Phi) is 2.06. The van der Waals surface area contributed by atoms with Gasteiger partial charge in [0.05, 0.1) is 0 Å². The van der Waals surface area contributed by atoms with Crippen molar-refractivity contribution in [3.63, 3.8) is 0 Å². The molecule has 0 aliphatic heterocycles. The van der Waals surface area contributed by atoms with Gasteiger partial charge in [-0.15, -0.1) is 0 Å². The van der Waals surface area contributed by atoms with Crippen LogP contribution in [0.5, 0.6) is 0 Å². The molecule has 4 nitrogen and oxygen atoms in total. The lowest BCUT2D eigenvalue weighted by atomic mass is 10.4. The zero-order valence-electron chi connectivity index (χ0n) is 4.98. The van der Waals surface area contributed by atoms with E-state index < -0.39 is 5.69 Å². The highest BCUT2D eigenvalue weighted by atomic mass is 79.9. The molecule has 0 radical (unpaired) electrons. The Bertz CT molecular complexity index is 327. The van der Waals surface area contributed by atoms with Crippen molar-refractivity contribution in [3.05, 3.63) is 32.6 Å². The summed E-state index contributed by atoms with van der Waals surface area (Å²) in [5.74, 6) is 0. The van der Waals surface area contributed by atoms with Gasteiger partial charge in [0.25, 0.3) is 5.56 Å². The maximum atomic E-state index is 10.8. The summed E-state index contributed by atoms with van der Waals surface area (Å²) in [4.78, 5) is 25.6. The van der Waals surface area contributed by atoms with Crippen molar-refractivity contribution < 1.29 is 0 Å². The third-order valence-corrected chi connectivity index (χ3v) is 1.64. The molecule has 10 heavy (non-hydrogen) atoms. The first-order chi connectivity index (χ1) is 4.74. The van der Waals surface area contributed by atoms with Crippen LogP contribution in [0.4, 0.5) is 0 Å². The van der Waals surface area contributed by atoms with Gasteiger partial charge in [-0.2, -0.15) is 0 Å². The van der Waals surface area contributed by atoms with Gasteiger partial charge in [0.2, 0.25) is 0 Å². The summed E-state index contributed by atoms with van der Waals surface area (Å²) < 4.78 is 0. The summed E-state index contributed by atoms with van der Waals surface area (Å²) in [5, 5.41) is 0.444. The zero-order valence-corrected chi connectivity index (χ0v) is 6.56. The molecule has 1 aromatic rings. The normalized spacial score (nSPS) is 9.70. The van der Waals surface area contributed by atoms with Gasteiger partial charge < -0.3 is 4.98 Å². The summed E-state index contributed by atoms with van der Waals surface area (Å²) in [7, 11) is 0. The van der Waals surface area contributed by atoms with E-state index in [4.69, 9.17) is 0 Å². The predicted molar refractivity (Wildman–Crippen MR) is 40.3 cm³/mol. The Hall–Kier alpha value is -0.840. The van der Waals surface area contributed by atoms with Gasteiger partial charge in [-0.1, -0.05) is 15.9 Å². The van der Waals surface area contributed by atoms with Crippen LogP contribution in [0.25, 0.3) is 0 Å². The average Bonchev–Trinajstić information content (AvgIpc) is 1.88. The molecular weight excluding hydrogens is 200 g/mol. The number of H-pyrrole nitrogens is 2. The van der Waals surface area contributed by atoms with Crippen LogP contribution >= 0.6 is 15.9 Å². The van der Waals surface area contributed by atoms with Gasteiger partial charge in [0, 0.05) is 17.1 Å². The standard InChI is InChI=1S/C5H5BrN2O2/c6-1-3-2-7-5(10)8-4(3)9/h2H,1H2,(H2,7,8,9,10). The van der Waals surface area contributed by atoms with Crippen LogP contribution in [0.1, 0.15) is 5.56 Å². The quantitative estimate of drug-likeness (QED) is 0.631. The van der Waals surface area contributed by atoms with Crippen molar-refractivity contribution in [2.75, 3.05) is 0 Å². The molecule has 0 unspecified atom stereocenters. The molecule has 0 saturated carbocycles. The molecule has 1 heterocycles. The minimum Gasteiger partial charge on any atom is -0.314 e. The number of hydrogen-bond donors (Lipinski definition) is 2. The van der Waals surface area contributed by atoms with Crippen LogP contribution in [0.2, 0.25) is 0 Å². The van der Waals surface area contributed by atoms with Crippen molar-refractivity contribution in [1.82, 2.24) is 9.97 Å². The minimum atomic E-state index is -0.477. The number of aromatic amines is 2. The van der Waals surface area contributed by atoms with Gasteiger partial charge in [0.1, 0.15) is 0 Å². The van der Waals surface area contributed by atoms with Crippen molar-refractivity contribution in [2.24, 2.45) is 0 Å². The van der Waals surface area contributed by atoms with Crippen molar-refractivity contribution in [3.8, 4) is 0 Å². The van der Waals surface area contributed by atoms with E-state index in [2.05, 4.69) is 25.9 Å². The van der Waals surface area contributed by atoms with Crippen molar-refractivity contribution in [1.29, 1.82) is 0 Å². The molecule has 54 valence electrons. The average molecular weight is 205 g/mol. The lowest BCUT2D eigenvalue weighted by Gasteiger charge is -1.88. The van der Waals surface area contributed by atoms with Gasteiger partial charge in [-0.05, 0) is 0 Å². The molecule has 0 aliphatic carbocycles. The van der Waals surface area contributed by atoms with E-state index in [-0.39, 0.29) is 5.56 Å². The van der Waals surface area contributed by atoms with Gasteiger partial charge in [0.15, 0.2) is 0 Å². The van der Waals surface area contributed by atoms with E-state index in [1.54, 1.807) is 0 Å². The number of nitrogens with one attached hydrogen (secondary N) is 2. The van der Waals surface area contributed by atoms with Crippen LogP contribution in [0.3, 0.4) is 0 Å². The Labute approximate surface area is 64.4 Å². The first-order valence-electron chi connectivity index (χ1n) is 2.61. The third kappa shape index (κ3) is 1.36. The SMILES string of the molecule is O=c1[nH]cc(CBr)c(=O)[nH]1. The molecule has 0 aliphatic rings. The molecule has 1 rings (SSSR count). The molecule has 1 aromatic heterocycles. The van der Waals surface area contributed by atoms with Crippen molar-refractivity contribution >= 4 is 15.9 Å². The van der Waals surface area contributed by atoms with Gasteiger partial charge in [-0.3, -0.25) is 9.78 Å². The molecule has 0 spiro atoms. The van der Waals surface area contributed by atoms with Gasteiger partial charge >= 0.3 is 5.69 Å². The van der Waals surface area contributed by atoms with Crippen LogP contribution < -0.4 is 11.2 Å². The van der Waals surface area contributed by atoms with E-state index in [9.17, 15) is 9.59 Å². The maximum Gasteiger partial charge on any atom is 0.325 e. The van der Waals surface area contributed by atoms with Gasteiger partial charge in [-0.25, -0.2) is 4.79 Å². The van der Waals surface area contributed by atoms with Crippen LogP contribution in [0, 0.1) is 0 Å². The Morgan fingerprint density at radius 1 is 1.50 bits per heavy atom. The van der Waals surface area contributed by atoms with Crippen molar-refractivity contribution in [2.45, 2.75) is 5.33 Å². The fourth-order valence-electron chi connectivity index (χ4n) is 0.537. The van der Waals surface area contributed by atoms with E-state index in [1.165, 1.54) is 6.20 Å². The number of alkyl halides is 1. The highest BCUT2D eigenvalue weighted by Gasteiger charge is 1.94. The molecular formula is C5H5BrN2O2. The number of rotatable bonds is 1. The van der Waals surface area contributed by atoms with E-state index in [0.29, 0.717) is 10.9 Å². The fraction of sp³-hybridized carbons (Fsp3) is 0.200. The highest BCUT2D eigenvalue weighted by Crippen LogP contribution is 1.92.